The molecule has 0 fully saturated rings. The van der Waals surface area contributed by atoms with Gasteiger partial charge in [0.05, 0.1) is 18.8 Å². The summed E-state index contributed by atoms with van der Waals surface area (Å²) < 4.78 is 7.76. The van der Waals surface area contributed by atoms with Gasteiger partial charge in [0.25, 0.3) is 0 Å². The molecule has 1 aromatic heterocycles. The van der Waals surface area contributed by atoms with E-state index in [2.05, 4.69) is 37.9 Å². The Kier molecular flexibility index (Phi) is 2.69. The maximum atomic E-state index is 5.79. The summed E-state index contributed by atoms with van der Waals surface area (Å²) in [5.41, 5.74) is 1.22. The van der Waals surface area contributed by atoms with Gasteiger partial charge in [-0.3, -0.25) is 0 Å². The van der Waals surface area contributed by atoms with E-state index in [0.717, 1.165) is 19.0 Å². The highest BCUT2D eigenvalue weighted by molar-refractivity contribution is 5.28. The highest BCUT2D eigenvalue weighted by Crippen LogP contribution is 2.29. The van der Waals surface area contributed by atoms with Gasteiger partial charge in [-0.1, -0.05) is 13.8 Å². The number of nitrogens with zero attached hydrogens (tertiary/aromatic N) is 3. The Morgan fingerprint density at radius 2 is 2.27 bits per heavy atom. The molecule has 0 aliphatic carbocycles. The first kappa shape index (κ1) is 10.5. The van der Waals surface area contributed by atoms with Gasteiger partial charge in [0, 0.05) is 5.56 Å². The number of hydrogen-bond acceptors (Lipinski definition) is 3. The molecule has 1 aliphatic heterocycles. The Bertz CT molecular complexity index is 344. The van der Waals surface area contributed by atoms with Gasteiger partial charge in [-0.05, 0) is 20.0 Å². The first-order valence-electron chi connectivity index (χ1n) is 5.44. The highest BCUT2D eigenvalue weighted by atomic mass is 16.5. The zero-order valence-corrected chi connectivity index (χ0v) is 9.90. The van der Waals surface area contributed by atoms with Crippen LogP contribution in [0, 0.1) is 0 Å². The summed E-state index contributed by atoms with van der Waals surface area (Å²) in [5.74, 6) is 1.44. The van der Waals surface area contributed by atoms with E-state index in [1.54, 1.807) is 0 Å². The maximum absolute atomic E-state index is 5.79. The monoisotopic (exact) mass is 209 g/mol. The third-order valence-electron chi connectivity index (χ3n) is 2.97. The van der Waals surface area contributed by atoms with Gasteiger partial charge in [0.1, 0.15) is 6.61 Å². The lowest BCUT2D eigenvalue weighted by Crippen LogP contribution is -2.41. The van der Waals surface area contributed by atoms with Gasteiger partial charge in [0.15, 0.2) is 0 Å². The molecule has 0 saturated carbocycles. The lowest BCUT2D eigenvalue weighted by Gasteiger charge is -2.29. The summed E-state index contributed by atoms with van der Waals surface area (Å²) in [4.78, 5) is 2.18. The largest absolute Gasteiger partial charge is 0.476 e. The average molecular weight is 209 g/mol. The Labute approximate surface area is 90.8 Å². The molecule has 0 aromatic carbocycles. The number of fused-ring (bicyclic) bond motifs is 1. The van der Waals surface area contributed by atoms with Crippen molar-refractivity contribution in [1.29, 1.82) is 0 Å². The Morgan fingerprint density at radius 3 is 2.87 bits per heavy atom. The molecule has 0 spiro atoms. The minimum atomic E-state index is 0.428. The molecule has 2 rings (SSSR count). The molecule has 1 aromatic rings. The molecule has 1 atom stereocenters. The van der Waals surface area contributed by atoms with Crippen molar-refractivity contribution in [2.24, 2.45) is 0 Å². The molecule has 0 unspecified atom stereocenters. The van der Waals surface area contributed by atoms with Crippen LogP contribution in [0.25, 0.3) is 0 Å². The standard InChI is InChI=1S/C11H19N3O/c1-8(2)10-5-12-14-6-9(13(3)4)7-15-11(10)14/h5,8-9H,6-7H2,1-4H3/t9-/m1/s1. The van der Waals surface area contributed by atoms with Crippen LogP contribution in [0.15, 0.2) is 6.20 Å². The summed E-state index contributed by atoms with van der Waals surface area (Å²) >= 11 is 0. The number of hydrogen-bond donors (Lipinski definition) is 0. The molecule has 2 heterocycles. The first-order chi connectivity index (χ1) is 7.09. The van der Waals surface area contributed by atoms with Gasteiger partial charge in [0.2, 0.25) is 5.88 Å². The lowest BCUT2D eigenvalue weighted by atomic mass is 10.1. The first-order valence-corrected chi connectivity index (χ1v) is 5.44. The van der Waals surface area contributed by atoms with Gasteiger partial charge in [-0.2, -0.15) is 5.10 Å². The van der Waals surface area contributed by atoms with E-state index >= 15 is 0 Å². The minimum absolute atomic E-state index is 0.428. The second kappa shape index (κ2) is 3.85. The molecule has 0 bridgehead atoms. The van der Waals surface area contributed by atoms with Gasteiger partial charge in [-0.15, -0.1) is 0 Å². The number of aromatic nitrogens is 2. The SMILES string of the molecule is CC(C)c1cnn2c1OC[C@H](N(C)C)C2. The predicted molar refractivity (Wildman–Crippen MR) is 59.3 cm³/mol. The summed E-state index contributed by atoms with van der Waals surface area (Å²) in [5, 5.41) is 4.38. The topological polar surface area (TPSA) is 30.3 Å². The summed E-state index contributed by atoms with van der Waals surface area (Å²) in [7, 11) is 4.15. The highest BCUT2D eigenvalue weighted by Gasteiger charge is 2.25. The van der Waals surface area contributed by atoms with Crippen LogP contribution in [0.1, 0.15) is 25.3 Å². The van der Waals surface area contributed by atoms with E-state index in [9.17, 15) is 0 Å². The second-order valence-corrected chi connectivity index (χ2v) is 4.67. The van der Waals surface area contributed by atoms with E-state index in [4.69, 9.17) is 4.74 Å². The van der Waals surface area contributed by atoms with Gasteiger partial charge in [-0.25, -0.2) is 4.68 Å². The normalized spacial score (nSPS) is 20.5. The van der Waals surface area contributed by atoms with E-state index in [0.29, 0.717) is 12.0 Å². The summed E-state index contributed by atoms with van der Waals surface area (Å²) in [6.07, 6.45) is 1.93. The summed E-state index contributed by atoms with van der Waals surface area (Å²) in [6.45, 7) is 6.02. The van der Waals surface area contributed by atoms with E-state index in [1.165, 1.54) is 5.56 Å². The van der Waals surface area contributed by atoms with E-state index < -0.39 is 0 Å². The lowest BCUT2D eigenvalue weighted by molar-refractivity contribution is 0.119. The predicted octanol–water partition coefficient (Wildman–Crippen LogP) is 1.33. The van der Waals surface area contributed by atoms with Crippen LogP contribution in [0.4, 0.5) is 0 Å². The fraction of sp³-hybridized carbons (Fsp3) is 0.727. The Balaban J connectivity index is 2.22. The minimum Gasteiger partial charge on any atom is -0.476 e. The second-order valence-electron chi connectivity index (χ2n) is 4.67. The zero-order valence-electron chi connectivity index (χ0n) is 9.90. The summed E-state index contributed by atoms with van der Waals surface area (Å²) in [6, 6.07) is 0.428. The Hall–Kier alpha value is -1.03. The van der Waals surface area contributed by atoms with Crippen molar-refractivity contribution >= 4 is 0 Å². The van der Waals surface area contributed by atoms with E-state index in [1.807, 2.05) is 10.9 Å². The number of ether oxygens (including phenoxy) is 1. The third-order valence-corrected chi connectivity index (χ3v) is 2.97. The van der Waals surface area contributed by atoms with Crippen molar-refractivity contribution in [2.45, 2.75) is 32.4 Å². The Morgan fingerprint density at radius 1 is 1.53 bits per heavy atom. The molecule has 0 amide bonds. The molecular weight excluding hydrogens is 190 g/mol. The molecule has 0 N–H and O–H groups in total. The van der Waals surface area contributed by atoms with Crippen molar-refractivity contribution < 1.29 is 4.74 Å². The molecular formula is C11H19N3O. The molecule has 0 radical (unpaired) electrons. The number of likely N-dealkylation sites (N-methyl/N-ethyl adjacent to an activating group) is 1. The fourth-order valence-electron chi connectivity index (χ4n) is 1.81. The molecule has 84 valence electrons. The van der Waals surface area contributed by atoms with Gasteiger partial charge >= 0.3 is 0 Å². The van der Waals surface area contributed by atoms with Crippen LogP contribution < -0.4 is 4.74 Å². The van der Waals surface area contributed by atoms with E-state index in [-0.39, 0.29) is 0 Å². The molecule has 0 saturated heterocycles. The molecule has 4 heteroatoms. The van der Waals surface area contributed by atoms with Crippen molar-refractivity contribution in [2.75, 3.05) is 20.7 Å². The smallest absolute Gasteiger partial charge is 0.215 e. The fourth-order valence-corrected chi connectivity index (χ4v) is 1.81. The quantitative estimate of drug-likeness (QED) is 0.736. The van der Waals surface area contributed by atoms with Crippen LogP contribution in [-0.4, -0.2) is 41.4 Å². The van der Waals surface area contributed by atoms with Crippen molar-refractivity contribution in [3.8, 4) is 5.88 Å². The average Bonchev–Trinajstić information content (AvgIpc) is 2.59. The van der Waals surface area contributed by atoms with Crippen molar-refractivity contribution in [1.82, 2.24) is 14.7 Å². The third kappa shape index (κ3) is 1.86. The van der Waals surface area contributed by atoms with Crippen LogP contribution in [0.2, 0.25) is 0 Å². The van der Waals surface area contributed by atoms with Crippen LogP contribution in [-0.2, 0) is 6.54 Å². The van der Waals surface area contributed by atoms with Crippen molar-refractivity contribution in [3.05, 3.63) is 11.8 Å². The van der Waals surface area contributed by atoms with Crippen LogP contribution >= 0.6 is 0 Å². The number of rotatable bonds is 2. The molecule has 4 nitrogen and oxygen atoms in total. The maximum Gasteiger partial charge on any atom is 0.215 e. The van der Waals surface area contributed by atoms with Crippen LogP contribution in [0.3, 0.4) is 0 Å². The molecule has 15 heavy (non-hydrogen) atoms. The van der Waals surface area contributed by atoms with Crippen molar-refractivity contribution in [3.63, 3.8) is 0 Å². The van der Waals surface area contributed by atoms with Gasteiger partial charge < -0.3 is 9.64 Å². The molecule has 1 aliphatic rings. The van der Waals surface area contributed by atoms with Crippen LogP contribution in [0.5, 0.6) is 5.88 Å². The zero-order chi connectivity index (χ0) is 11.0.